The minimum Gasteiger partial charge on any atom is -0.496 e. The predicted molar refractivity (Wildman–Crippen MR) is 72.2 cm³/mol. The quantitative estimate of drug-likeness (QED) is 0.942. The summed E-state index contributed by atoms with van der Waals surface area (Å²) < 4.78 is 6.30. The Kier molecular flexibility index (Phi) is 4.00. The van der Waals surface area contributed by atoms with Crippen LogP contribution < -0.4 is 4.74 Å². The molecular weight excluding hydrogens is 294 g/mol. The van der Waals surface area contributed by atoms with Crippen LogP contribution in [0.25, 0.3) is 11.3 Å². The Morgan fingerprint density at radius 3 is 3.06 bits per heavy atom. The van der Waals surface area contributed by atoms with Gasteiger partial charge in [0.1, 0.15) is 11.6 Å². The normalized spacial score (nSPS) is 10.1. The van der Waals surface area contributed by atoms with E-state index in [2.05, 4.69) is 32.0 Å². The average Bonchev–Trinajstić information content (AvgIpc) is 2.85. The van der Waals surface area contributed by atoms with Gasteiger partial charge in [-0.05, 0) is 18.2 Å². The predicted octanol–water partition coefficient (Wildman–Crippen LogP) is 3.30. The zero-order valence-corrected chi connectivity index (χ0v) is 11.5. The largest absolute Gasteiger partial charge is 0.496 e. The van der Waals surface area contributed by atoms with Crippen LogP contribution >= 0.6 is 15.9 Å². The van der Waals surface area contributed by atoms with Gasteiger partial charge in [0, 0.05) is 22.9 Å². The molecule has 0 aliphatic carbocycles. The molecule has 0 fully saturated rings. The van der Waals surface area contributed by atoms with E-state index in [1.807, 2.05) is 18.2 Å². The number of imidazole rings is 1. The molecule has 5 heteroatoms. The number of nitrogens with one attached hydrogen (secondary N) is 1. The van der Waals surface area contributed by atoms with Crippen LogP contribution in [-0.2, 0) is 6.42 Å². The van der Waals surface area contributed by atoms with Crippen molar-refractivity contribution in [1.29, 1.82) is 5.26 Å². The first-order valence-electron chi connectivity index (χ1n) is 5.49. The van der Waals surface area contributed by atoms with Crippen molar-refractivity contribution in [3.63, 3.8) is 0 Å². The second-order valence-electron chi connectivity index (χ2n) is 3.75. The number of methoxy groups -OCH3 is 1. The summed E-state index contributed by atoms with van der Waals surface area (Å²) in [5.74, 6) is 1.60. The van der Waals surface area contributed by atoms with Crippen molar-refractivity contribution in [2.75, 3.05) is 7.11 Å². The van der Waals surface area contributed by atoms with Crippen molar-refractivity contribution >= 4 is 15.9 Å². The molecule has 0 atom stereocenters. The third-order valence-electron chi connectivity index (χ3n) is 2.55. The fourth-order valence-electron chi connectivity index (χ4n) is 1.69. The molecule has 0 radical (unpaired) electrons. The number of aromatic nitrogens is 2. The van der Waals surface area contributed by atoms with Crippen molar-refractivity contribution in [3.05, 3.63) is 34.7 Å². The van der Waals surface area contributed by atoms with Crippen LogP contribution in [0.2, 0.25) is 0 Å². The number of halogens is 1. The molecule has 0 aliphatic rings. The van der Waals surface area contributed by atoms with Gasteiger partial charge in [-0.25, -0.2) is 4.98 Å². The van der Waals surface area contributed by atoms with Crippen LogP contribution in [-0.4, -0.2) is 17.1 Å². The maximum atomic E-state index is 8.55. The number of aromatic amines is 1. The maximum absolute atomic E-state index is 8.55. The first kappa shape index (κ1) is 12.7. The Balaban J connectivity index is 2.33. The third kappa shape index (κ3) is 2.71. The van der Waals surface area contributed by atoms with Crippen molar-refractivity contribution in [2.24, 2.45) is 0 Å². The van der Waals surface area contributed by atoms with E-state index < -0.39 is 0 Å². The summed E-state index contributed by atoms with van der Waals surface area (Å²) in [5.41, 5.74) is 1.84. The van der Waals surface area contributed by atoms with Crippen LogP contribution in [0.5, 0.6) is 5.75 Å². The highest BCUT2D eigenvalue weighted by Gasteiger charge is 2.09. The monoisotopic (exact) mass is 305 g/mol. The van der Waals surface area contributed by atoms with E-state index in [0.717, 1.165) is 27.3 Å². The molecule has 0 unspecified atom stereocenters. The Bertz CT molecular complexity index is 586. The molecule has 18 heavy (non-hydrogen) atoms. The molecule has 0 amide bonds. The van der Waals surface area contributed by atoms with Crippen LogP contribution in [0.15, 0.2) is 28.9 Å². The number of nitrogens with zero attached hydrogens (tertiary/aromatic N) is 2. The lowest BCUT2D eigenvalue weighted by Gasteiger charge is -2.06. The van der Waals surface area contributed by atoms with Crippen molar-refractivity contribution in [2.45, 2.75) is 12.8 Å². The van der Waals surface area contributed by atoms with Crippen LogP contribution in [0.4, 0.5) is 0 Å². The van der Waals surface area contributed by atoms with Crippen LogP contribution in [0.1, 0.15) is 12.2 Å². The van der Waals surface area contributed by atoms with Gasteiger partial charge in [-0.1, -0.05) is 15.9 Å². The Morgan fingerprint density at radius 2 is 2.33 bits per heavy atom. The molecular formula is C13H12BrN3O. The van der Waals surface area contributed by atoms with Crippen molar-refractivity contribution < 1.29 is 4.74 Å². The van der Waals surface area contributed by atoms with Gasteiger partial charge >= 0.3 is 0 Å². The van der Waals surface area contributed by atoms with Crippen LogP contribution in [0.3, 0.4) is 0 Å². The highest BCUT2D eigenvalue weighted by atomic mass is 79.9. The first-order chi connectivity index (χ1) is 8.74. The minimum atomic E-state index is 0.461. The van der Waals surface area contributed by atoms with E-state index in [-0.39, 0.29) is 0 Å². The number of H-pyrrole nitrogens is 1. The van der Waals surface area contributed by atoms with Gasteiger partial charge in [0.2, 0.25) is 0 Å². The van der Waals surface area contributed by atoms with E-state index in [1.165, 1.54) is 0 Å². The number of hydrogen-bond acceptors (Lipinski definition) is 3. The second kappa shape index (κ2) is 5.69. The zero-order chi connectivity index (χ0) is 13.0. The van der Waals surface area contributed by atoms with Gasteiger partial charge in [0.05, 0.1) is 25.1 Å². The zero-order valence-electron chi connectivity index (χ0n) is 9.90. The first-order valence-corrected chi connectivity index (χ1v) is 6.28. The molecule has 1 heterocycles. The Hall–Kier alpha value is -1.80. The number of rotatable bonds is 4. The number of aryl methyl sites for hydroxylation is 1. The number of hydrogen-bond donors (Lipinski definition) is 1. The van der Waals surface area contributed by atoms with Crippen LogP contribution in [0, 0.1) is 11.3 Å². The Morgan fingerprint density at radius 1 is 1.50 bits per heavy atom. The van der Waals surface area contributed by atoms with Crippen molar-refractivity contribution in [3.8, 4) is 23.1 Å². The van der Waals surface area contributed by atoms with E-state index in [9.17, 15) is 0 Å². The van der Waals surface area contributed by atoms with Gasteiger partial charge in [0.15, 0.2) is 0 Å². The fraction of sp³-hybridized carbons (Fsp3) is 0.231. The van der Waals surface area contributed by atoms with Gasteiger partial charge in [0.25, 0.3) is 0 Å². The highest BCUT2D eigenvalue weighted by molar-refractivity contribution is 9.10. The average molecular weight is 306 g/mol. The lowest BCUT2D eigenvalue weighted by atomic mass is 10.1. The summed E-state index contributed by atoms with van der Waals surface area (Å²) in [5, 5.41) is 8.55. The van der Waals surface area contributed by atoms with E-state index in [4.69, 9.17) is 10.00 Å². The molecule has 0 saturated heterocycles. The summed E-state index contributed by atoms with van der Waals surface area (Å²) in [6.07, 6.45) is 2.85. The molecule has 92 valence electrons. The smallest absolute Gasteiger partial charge is 0.128 e. The molecule has 4 nitrogen and oxygen atoms in total. The van der Waals surface area contributed by atoms with Gasteiger partial charge < -0.3 is 9.72 Å². The molecule has 0 saturated carbocycles. The topological polar surface area (TPSA) is 61.7 Å². The summed E-state index contributed by atoms with van der Waals surface area (Å²) in [4.78, 5) is 7.46. The molecule has 2 rings (SSSR count). The summed E-state index contributed by atoms with van der Waals surface area (Å²) >= 11 is 3.44. The molecule has 0 spiro atoms. The molecule has 1 aromatic heterocycles. The fourth-order valence-corrected chi connectivity index (χ4v) is 2.05. The van der Waals surface area contributed by atoms with Gasteiger partial charge in [-0.15, -0.1) is 0 Å². The molecule has 0 aliphatic heterocycles. The van der Waals surface area contributed by atoms with E-state index >= 15 is 0 Å². The standard InChI is InChI=1S/C13H12BrN3O/c1-18-12-5-4-9(14)7-10(12)11-8-16-13(17-11)3-2-6-15/h4-5,7-8H,2-3H2,1H3,(H,16,17). The van der Waals surface area contributed by atoms with E-state index in [1.54, 1.807) is 13.3 Å². The summed E-state index contributed by atoms with van der Waals surface area (Å²) in [6, 6.07) is 7.90. The maximum Gasteiger partial charge on any atom is 0.128 e. The second-order valence-corrected chi connectivity index (χ2v) is 4.66. The van der Waals surface area contributed by atoms with Gasteiger partial charge in [-0.2, -0.15) is 5.26 Å². The molecule has 1 aromatic carbocycles. The number of ether oxygens (including phenoxy) is 1. The Labute approximate surface area is 114 Å². The lowest BCUT2D eigenvalue weighted by molar-refractivity contribution is 0.416. The SMILES string of the molecule is COc1ccc(Br)cc1-c1cnc(CCC#N)[nH]1. The number of nitriles is 1. The minimum absolute atomic E-state index is 0.461. The van der Waals surface area contributed by atoms with Crippen molar-refractivity contribution in [1.82, 2.24) is 9.97 Å². The third-order valence-corrected chi connectivity index (χ3v) is 3.05. The summed E-state index contributed by atoms with van der Waals surface area (Å²) in [7, 11) is 1.64. The number of benzene rings is 1. The highest BCUT2D eigenvalue weighted by Crippen LogP contribution is 2.31. The van der Waals surface area contributed by atoms with E-state index in [0.29, 0.717) is 12.8 Å². The molecule has 2 aromatic rings. The molecule has 1 N–H and O–H groups in total. The van der Waals surface area contributed by atoms with Gasteiger partial charge in [-0.3, -0.25) is 0 Å². The molecule has 0 bridgehead atoms. The summed E-state index contributed by atoms with van der Waals surface area (Å²) in [6.45, 7) is 0. The lowest BCUT2D eigenvalue weighted by Crippen LogP contribution is -1.89.